The number of anilines is 2. The molecule has 0 aromatic heterocycles. The van der Waals surface area contributed by atoms with Gasteiger partial charge in [0.05, 0.1) is 5.69 Å². The number of carbonyl (C=O) groups is 2. The number of benzene rings is 1. The third kappa shape index (κ3) is 2.30. The Morgan fingerprint density at radius 2 is 2.00 bits per heavy atom. The van der Waals surface area contributed by atoms with Crippen LogP contribution in [0.1, 0.15) is 43.7 Å². The molecule has 0 aliphatic carbocycles. The van der Waals surface area contributed by atoms with Crippen LogP contribution >= 0.6 is 0 Å². The van der Waals surface area contributed by atoms with Crippen LogP contribution in [-0.4, -0.2) is 18.4 Å². The molecule has 0 saturated heterocycles. The quantitative estimate of drug-likeness (QED) is 0.919. The van der Waals surface area contributed by atoms with Gasteiger partial charge in [-0.3, -0.25) is 9.59 Å². The number of aryl methyl sites for hydroxylation is 2. The Labute approximate surface area is 119 Å². The van der Waals surface area contributed by atoms with E-state index in [1.165, 1.54) is 11.1 Å². The van der Waals surface area contributed by atoms with Crippen molar-refractivity contribution in [3.8, 4) is 0 Å². The maximum Gasteiger partial charge on any atom is 0.227 e. The molecule has 0 spiro atoms. The van der Waals surface area contributed by atoms with E-state index in [4.69, 9.17) is 0 Å². The van der Waals surface area contributed by atoms with Crippen LogP contribution in [0.4, 0.5) is 11.4 Å². The molecule has 106 valence electrons. The van der Waals surface area contributed by atoms with Crippen molar-refractivity contribution in [1.29, 1.82) is 0 Å². The minimum Gasteiger partial charge on any atom is -0.326 e. The molecule has 4 heteroatoms. The summed E-state index contributed by atoms with van der Waals surface area (Å²) in [6, 6.07) is 4.08. The summed E-state index contributed by atoms with van der Waals surface area (Å²) in [5.74, 6) is 0.306. The van der Waals surface area contributed by atoms with Crippen LogP contribution in [0.15, 0.2) is 12.1 Å². The standard InChI is InChI=1S/C16H20N2O2/c1-2-4-14(19)17-13-9-11-5-3-8-18-15(20)7-6-12(10-13)16(11)18/h9-10H,2-8H2,1H3,(H,17,19). The first kappa shape index (κ1) is 13.2. The molecular formula is C16H20N2O2. The van der Waals surface area contributed by atoms with Crippen molar-refractivity contribution in [3.05, 3.63) is 23.3 Å². The molecule has 2 heterocycles. The third-order valence-electron chi connectivity index (χ3n) is 4.04. The zero-order valence-electron chi connectivity index (χ0n) is 11.9. The highest BCUT2D eigenvalue weighted by Gasteiger charge is 2.29. The second kappa shape index (κ2) is 5.27. The van der Waals surface area contributed by atoms with Crippen LogP contribution < -0.4 is 10.2 Å². The molecule has 20 heavy (non-hydrogen) atoms. The summed E-state index contributed by atoms with van der Waals surface area (Å²) in [4.78, 5) is 25.6. The SMILES string of the molecule is CCCC(=O)Nc1cc2c3c(c1)CCC(=O)N3CCC2. The van der Waals surface area contributed by atoms with Crippen LogP contribution in [0.2, 0.25) is 0 Å². The Morgan fingerprint density at radius 3 is 2.75 bits per heavy atom. The maximum absolute atomic E-state index is 12.0. The molecule has 2 aliphatic heterocycles. The topological polar surface area (TPSA) is 49.4 Å². The highest BCUT2D eigenvalue weighted by molar-refractivity contribution is 5.99. The van der Waals surface area contributed by atoms with Crippen molar-refractivity contribution < 1.29 is 9.59 Å². The van der Waals surface area contributed by atoms with Gasteiger partial charge in [0.1, 0.15) is 0 Å². The monoisotopic (exact) mass is 272 g/mol. The first-order valence-electron chi connectivity index (χ1n) is 7.45. The molecule has 0 saturated carbocycles. The fourth-order valence-electron chi connectivity index (χ4n) is 3.18. The number of nitrogens with zero attached hydrogens (tertiary/aromatic N) is 1. The Morgan fingerprint density at radius 1 is 1.25 bits per heavy atom. The molecule has 0 radical (unpaired) electrons. The summed E-state index contributed by atoms with van der Waals surface area (Å²) in [5, 5.41) is 2.98. The van der Waals surface area contributed by atoms with E-state index >= 15 is 0 Å². The zero-order chi connectivity index (χ0) is 14.1. The molecule has 2 aliphatic rings. The Kier molecular flexibility index (Phi) is 3.47. The second-order valence-corrected chi connectivity index (χ2v) is 5.59. The van der Waals surface area contributed by atoms with Crippen LogP contribution in [0, 0.1) is 0 Å². The second-order valence-electron chi connectivity index (χ2n) is 5.59. The van der Waals surface area contributed by atoms with Crippen LogP contribution in [-0.2, 0) is 22.4 Å². The fraction of sp³-hybridized carbons (Fsp3) is 0.500. The highest BCUT2D eigenvalue weighted by atomic mass is 16.2. The predicted octanol–water partition coefficient (Wildman–Crippen LogP) is 2.65. The smallest absolute Gasteiger partial charge is 0.227 e. The van der Waals surface area contributed by atoms with Crippen molar-refractivity contribution >= 4 is 23.2 Å². The lowest BCUT2D eigenvalue weighted by atomic mass is 9.91. The average molecular weight is 272 g/mol. The molecule has 0 bridgehead atoms. The van der Waals surface area contributed by atoms with E-state index in [0.717, 1.165) is 43.6 Å². The van der Waals surface area contributed by atoms with Crippen LogP contribution in [0.5, 0.6) is 0 Å². The molecule has 0 unspecified atom stereocenters. The summed E-state index contributed by atoms with van der Waals surface area (Å²) in [7, 11) is 0. The molecule has 4 nitrogen and oxygen atoms in total. The number of carbonyl (C=O) groups excluding carboxylic acids is 2. The zero-order valence-corrected chi connectivity index (χ0v) is 11.9. The molecule has 3 rings (SSSR count). The normalized spacial score (nSPS) is 16.9. The molecule has 0 atom stereocenters. The summed E-state index contributed by atoms with van der Waals surface area (Å²) < 4.78 is 0. The maximum atomic E-state index is 12.0. The van der Waals surface area contributed by atoms with Gasteiger partial charge in [-0.15, -0.1) is 0 Å². The molecular weight excluding hydrogens is 252 g/mol. The summed E-state index contributed by atoms with van der Waals surface area (Å²) >= 11 is 0. The first-order valence-corrected chi connectivity index (χ1v) is 7.45. The third-order valence-corrected chi connectivity index (χ3v) is 4.04. The van der Waals surface area contributed by atoms with E-state index < -0.39 is 0 Å². The van der Waals surface area contributed by atoms with Gasteiger partial charge in [-0.1, -0.05) is 6.92 Å². The Balaban J connectivity index is 1.94. The molecule has 0 fully saturated rings. The molecule has 1 aromatic rings. The lowest BCUT2D eigenvalue weighted by Gasteiger charge is -2.35. The van der Waals surface area contributed by atoms with Crippen LogP contribution in [0.25, 0.3) is 0 Å². The van der Waals surface area contributed by atoms with Gasteiger partial charge < -0.3 is 10.2 Å². The first-order chi connectivity index (χ1) is 9.69. The lowest BCUT2D eigenvalue weighted by Crippen LogP contribution is -2.39. The van der Waals surface area contributed by atoms with Crippen molar-refractivity contribution in [2.75, 3.05) is 16.8 Å². The number of hydrogen-bond acceptors (Lipinski definition) is 2. The van der Waals surface area contributed by atoms with Crippen molar-refractivity contribution in [2.45, 2.75) is 45.4 Å². The van der Waals surface area contributed by atoms with Crippen LogP contribution in [0.3, 0.4) is 0 Å². The minimum absolute atomic E-state index is 0.0687. The number of nitrogens with one attached hydrogen (secondary N) is 1. The summed E-state index contributed by atoms with van der Waals surface area (Å²) in [5.41, 5.74) is 4.40. The minimum atomic E-state index is 0.0687. The average Bonchev–Trinajstić information content (AvgIpc) is 2.43. The van der Waals surface area contributed by atoms with E-state index in [-0.39, 0.29) is 11.8 Å². The van der Waals surface area contributed by atoms with E-state index in [9.17, 15) is 9.59 Å². The number of amides is 2. The number of hydrogen-bond donors (Lipinski definition) is 1. The largest absolute Gasteiger partial charge is 0.326 e. The van der Waals surface area contributed by atoms with E-state index in [1.54, 1.807) is 0 Å². The van der Waals surface area contributed by atoms with Crippen molar-refractivity contribution in [2.24, 2.45) is 0 Å². The van der Waals surface area contributed by atoms with Gasteiger partial charge in [0, 0.05) is 25.1 Å². The Hall–Kier alpha value is -1.84. The molecule has 1 N–H and O–H groups in total. The summed E-state index contributed by atoms with van der Waals surface area (Å²) in [6.45, 7) is 2.83. The van der Waals surface area contributed by atoms with Crippen molar-refractivity contribution in [3.63, 3.8) is 0 Å². The fourth-order valence-corrected chi connectivity index (χ4v) is 3.18. The van der Waals surface area contributed by atoms with Gasteiger partial charge in [-0.25, -0.2) is 0 Å². The van der Waals surface area contributed by atoms with Gasteiger partial charge in [-0.05, 0) is 48.9 Å². The van der Waals surface area contributed by atoms with Gasteiger partial charge in [0.25, 0.3) is 0 Å². The summed E-state index contributed by atoms with van der Waals surface area (Å²) in [6.07, 6.45) is 4.77. The van der Waals surface area contributed by atoms with Gasteiger partial charge in [0.15, 0.2) is 0 Å². The Bertz CT molecular complexity index is 549. The van der Waals surface area contributed by atoms with E-state index in [0.29, 0.717) is 12.8 Å². The molecule has 2 amide bonds. The van der Waals surface area contributed by atoms with E-state index in [2.05, 4.69) is 5.32 Å². The highest BCUT2D eigenvalue weighted by Crippen LogP contribution is 2.37. The van der Waals surface area contributed by atoms with Gasteiger partial charge in [0.2, 0.25) is 11.8 Å². The van der Waals surface area contributed by atoms with E-state index in [1.807, 2.05) is 24.0 Å². The van der Waals surface area contributed by atoms with Crippen molar-refractivity contribution in [1.82, 2.24) is 0 Å². The number of rotatable bonds is 3. The predicted molar refractivity (Wildman–Crippen MR) is 79.0 cm³/mol. The van der Waals surface area contributed by atoms with Gasteiger partial charge in [-0.2, -0.15) is 0 Å². The molecule has 1 aromatic carbocycles. The lowest BCUT2D eigenvalue weighted by molar-refractivity contribution is -0.119. The van der Waals surface area contributed by atoms with Gasteiger partial charge >= 0.3 is 0 Å².